The minimum Gasteiger partial charge on any atom is -0.494 e. The van der Waals surface area contributed by atoms with Crippen molar-refractivity contribution in [2.45, 2.75) is 39.5 Å². The van der Waals surface area contributed by atoms with E-state index in [0.29, 0.717) is 18.4 Å². The van der Waals surface area contributed by atoms with Crippen molar-refractivity contribution in [3.05, 3.63) is 30.3 Å². The van der Waals surface area contributed by atoms with Crippen LogP contribution in [0.25, 0.3) is 0 Å². The fourth-order valence-electron chi connectivity index (χ4n) is 2.45. The van der Waals surface area contributed by atoms with Gasteiger partial charge in [0, 0.05) is 19.5 Å². The zero-order valence-electron chi connectivity index (χ0n) is 12.6. The maximum atomic E-state index is 12.1. The minimum atomic E-state index is 0.275. The van der Waals surface area contributed by atoms with Crippen LogP contribution in [0.5, 0.6) is 5.75 Å². The van der Waals surface area contributed by atoms with Gasteiger partial charge in [0.2, 0.25) is 5.91 Å². The lowest BCUT2D eigenvalue weighted by molar-refractivity contribution is -0.133. The summed E-state index contributed by atoms with van der Waals surface area (Å²) in [5.41, 5.74) is 0.396. The topological polar surface area (TPSA) is 29.5 Å². The molecular weight excluding hydrogens is 250 g/mol. The second-order valence-electron chi connectivity index (χ2n) is 6.31. The molecule has 1 amide bonds. The number of carbonyl (C=O) groups is 1. The third kappa shape index (κ3) is 4.55. The normalized spacial score (nSPS) is 17.8. The number of hydrogen-bond acceptors (Lipinski definition) is 2. The average Bonchev–Trinajstić information content (AvgIpc) is 2.44. The van der Waals surface area contributed by atoms with Crippen LogP contribution >= 0.6 is 0 Å². The third-order valence-corrected chi connectivity index (χ3v) is 4.02. The van der Waals surface area contributed by atoms with Crippen LogP contribution in [-0.4, -0.2) is 30.5 Å². The molecule has 1 saturated heterocycles. The molecule has 3 nitrogen and oxygen atoms in total. The molecule has 0 atom stereocenters. The highest BCUT2D eigenvalue weighted by Crippen LogP contribution is 2.29. The number of likely N-dealkylation sites (tertiary alicyclic amines) is 1. The van der Waals surface area contributed by atoms with Crippen LogP contribution in [0.15, 0.2) is 30.3 Å². The van der Waals surface area contributed by atoms with Crippen molar-refractivity contribution in [2.75, 3.05) is 19.7 Å². The van der Waals surface area contributed by atoms with Gasteiger partial charge in [0.25, 0.3) is 0 Å². The highest BCUT2D eigenvalue weighted by Gasteiger charge is 2.27. The van der Waals surface area contributed by atoms with Gasteiger partial charge < -0.3 is 9.64 Å². The van der Waals surface area contributed by atoms with E-state index in [0.717, 1.165) is 38.1 Å². The Bertz CT molecular complexity index is 418. The number of ether oxygens (including phenoxy) is 1. The van der Waals surface area contributed by atoms with Gasteiger partial charge in [0.15, 0.2) is 0 Å². The molecule has 3 heteroatoms. The summed E-state index contributed by atoms with van der Waals surface area (Å²) >= 11 is 0. The molecule has 2 rings (SSSR count). The van der Waals surface area contributed by atoms with Crippen LogP contribution < -0.4 is 4.74 Å². The standard InChI is InChI=1S/C17H25NO2/c1-17(2)10-12-18(13-11-17)16(19)9-6-14-20-15-7-4-3-5-8-15/h3-5,7-8H,6,9-14H2,1-2H3. The van der Waals surface area contributed by atoms with E-state index in [1.54, 1.807) is 0 Å². The molecule has 1 aromatic carbocycles. The molecule has 1 aliphatic rings. The Labute approximate surface area is 121 Å². The average molecular weight is 275 g/mol. The second kappa shape index (κ2) is 6.78. The Kier molecular flexibility index (Phi) is 5.05. The number of rotatable bonds is 5. The van der Waals surface area contributed by atoms with E-state index in [1.807, 2.05) is 35.2 Å². The highest BCUT2D eigenvalue weighted by atomic mass is 16.5. The largest absolute Gasteiger partial charge is 0.494 e. The molecule has 0 aliphatic carbocycles. The van der Waals surface area contributed by atoms with Crippen LogP contribution in [0.2, 0.25) is 0 Å². The number of para-hydroxylation sites is 1. The van der Waals surface area contributed by atoms with E-state index in [9.17, 15) is 4.79 Å². The summed E-state index contributed by atoms with van der Waals surface area (Å²) in [5, 5.41) is 0. The minimum absolute atomic E-state index is 0.275. The predicted octanol–water partition coefficient (Wildman–Crippen LogP) is 3.49. The SMILES string of the molecule is CC1(C)CCN(C(=O)CCCOc2ccccc2)CC1. The lowest BCUT2D eigenvalue weighted by Crippen LogP contribution is -2.41. The fourth-order valence-corrected chi connectivity index (χ4v) is 2.45. The van der Waals surface area contributed by atoms with E-state index in [4.69, 9.17) is 4.74 Å². The molecule has 0 bridgehead atoms. The molecule has 1 aliphatic heterocycles. The van der Waals surface area contributed by atoms with E-state index >= 15 is 0 Å². The van der Waals surface area contributed by atoms with Crippen molar-refractivity contribution >= 4 is 5.91 Å². The van der Waals surface area contributed by atoms with Crippen molar-refractivity contribution in [1.29, 1.82) is 0 Å². The van der Waals surface area contributed by atoms with Crippen LogP contribution in [0.1, 0.15) is 39.5 Å². The first-order chi connectivity index (χ1) is 9.57. The lowest BCUT2D eigenvalue weighted by Gasteiger charge is -2.37. The number of carbonyl (C=O) groups excluding carboxylic acids is 1. The molecule has 1 aromatic rings. The van der Waals surface area contributed by atoms with Gasteiger partial charge in [-0.05, 0) is 36.8 Å². The predicted molar refractivity (Wildman–Crippen MR) is 80.8 cm³/mol. The molecule has 0 radical (unpaired) electrons. The molecule has 20 heavy (non-hydrogen) atoms. The second-order valence-corrected chi connectivity index (χ2v) is 6.31. The molecule has 0 unspecified atom stereocenters. The first-order valence-electron chi connectivity index (χ1n) is 7.52. The molecule has 0 aromatic heterocycles. The number of nitrogens with zero attached hydrogens (tertiary/aromatic N) is 1. The van der Waals surface area contributed by atoms with Crippen molar-refractivity contribution in [3.8, 4) is 5.75 Å². The molecule has 0 saturated carbocycles. The van der Waals surface area contributed by atoms with Gasteiger partial charge in [-0.15, -0.1) is 0 Å². The zero-order chi connectivity index (χ0) is 14.4. The number of amides is 1. The summed E-state index contributed by atoms with van der Waals surface area (Å²) in [5.74, 6) is 1.15. The first kappa shape index (κ1) is 14.9. The quantitative estimate of drug-likeness (QED) is 0.770. The molecule has 1 fully saturated rings. The maximum absolute atomic E-state index is 12.1. The summed E-state index contributed by atoms with van der Waals surface area (Å²) in [6, 6.07) is 9.75. The zero-order valence-corrected chi connectivity index (χ0v) is 12.6. The van der Waals surface area contributed by atoms with Crippen molar-refractivity contribution in [2.24, 2.45) is 5.41 Å². The van der Waals surface area contributed by atoms with Gasteiger partial charge >= 0.3 is 0 Å². The Balaban J connectivity index is 1.63. The smallest absolute Gasteiger partial charge is 0.222 e. The van der Waals surface area contributed by atoms with E-state index in [1.165, 1.54) is 0 Å². The molecule has 1 heterocycles. The Morgan fingerprint density at radius 2 is 1.85 bits per heavy atom. The van der Waals surface area contributed by atoms with Crippen molar-refractivity contribution in [3.63, 3.8) is 0 Å². The molecule has 0 spiro atoms. The Hall–Kier alpha value is -1.51. The van der Waals surface area contributed by atoms with Gasteiger partial charge in [-0.1, -0.05) is 32.0 Å². The van der Waals surface area contributed by atoms with Crippen molar-refractivity contribution < 1.29 is 9.53 Å². The number of benzene rings is 1. The van der Waals surface area contributed by atoms with Gasteiger partial charge in [-0.3, -0.25) is 4.79 Å². The van der Waals surface area contributed by atoms with Crippen LogP contribution in [0.3, 0.4) is 0 Å². The highest BCUT2D eigenvalue weighted by molar-refractivity contribution is 5.76. The van der Waals surface area contributed by atoms with Gasteiger partial charge in [0.05, 0.1) is 6.61 Å². The number of piperidine rings is 1. The van der Waals surface area contributed by atoms with E-state index in [2.05, 4.69) is 13.8 Å². The monoisotopic (exact) mass is 275 g/mol. The third-order valence-electron chi connectivity index (χ3n) is 4.02. The van der Waals surface area contributed by atoms with Gasteiger partial charge in [0.1, 0.15) is 5.75 Å². The van der Waals surface area contributed by atoms with Crippen LogP contribution in [-0.2, 0) is 4.79 Å². The lowest BCUT2D eigenvalue weighted by atomic mass is 9.82. The molecule has 110 valence electrons. The van der Waals surface area contributed by atoms with Gasteiger partial charge in [-0.2, -0.15) is 0 Å². The van der Waals surface area contributed by atoms with Crippen molar-refractivity contribution in [1.82, 2.24) is 4.90 Å². The first-order valence-corrected chi connectivity index (χ1v) is 7.52. The van der Waals surface area contributed by atoms with Crippen LogP contribution in [0, 0.1) is 5.41 Å². The number of hydrogen-bond donors (Lipinski definition) is 0. The summed E-state index contributed by atoms with van der Waals surface area (Å²) < 4.78 is 5.61. The van der Waals surface area contributed by atoms with E-state index in [-0.39, 0.29) is 5.91 Å². The summed E-state index contributed by atoms with van der Waals surface area (Å²) in [6.07, 6.45) is 3.60. The summed E-state index contributed by atoms with van der Waals surface area (Å²) in [7, 11) is 0. The Morgan fingerprint density at radius 1 is 1.20 bits per heavy atom. The summed E-state index contributed by atoms with van der Waals surface area (Å²) in [6.45, 7) is 6.98. The fraction of sp³-hybridized carbons (Fsp3) is 0.588. The van der Waals surface area contributed by atoms with E-state index < -0.39 is 0 Å². The van der Waals surface area contributed by atoms with Crippen LogP contribution in [0.4, 0.5) is 0 Å². The molecule has 0 N–H and O–H groups in total. The maximum Gasteiger partial charge on any atom is 0.222 e. The Morgan fingerprint density at radius 3 is 2.50 bits per heavy atom. The summed E-state index contributed by atoms with van der Waals surface area (Å²) in [4.78, 5) is 14.1. The van der Waals surface area contributed by atoms with Gasteiger partial charge in [-0.25, -0.2) is 0 Å². The molecular formula is C17H25NO2.